The van der Waals surface area contributed by atoms with E-state index in [9.17, 15) is 0 Å². The average Bonchev–Trinajstić information content (AvgIpc) is 2.26. The molecule has 0 atom stereocenters. The van der Waals surface area contributed by atoms with Gasteiger partial charge in [-0.05, 0) is 24.6 Å². The second-order valence-electron chi connectivity index (χ2n) is 3.20. The van der Waals surface area contributed by atoms with Gasteiger partial charge in [0.1, 0.15) is 11.6 Å². The summed E-state index contributed by atoms with van der Waals surface area (Å²) in [7, 11) is 1.54. The van der Waals surface area contributed by atoms with Crippen molar-refractivity contribution in [1.82, 2.24) is 9.97 Å². The van der Waals surface area contributed by atoms with Crippen molar-refractivity contribution >= 4 is 11.0 Å². The molecule has 0 N–H and O–H groups in total. The van der Waals surface area contributed by atoms with E-state index in [4.69, 9.17) is 10.00 Å². The van der Waals surface area contributed by atoms with Crippen molar-refractivity contribution in [2.24, 2.45) is 0 Å². The third kappa shape index (κ3) is 1.59. The van der Waals surface area contributed by atoms with E-state index in [1.165, 1.54) is 13.3 Å². The lowest BCUT2D eigenvalue weighted by Crippen LogP contribution is -1.93. The molecule has 1 aromatic carbocycles. The third-order valence-corrected chi connectivity index (χ3v) is 2.10. The number of methoxy groups -OCH3 is 1. The predicted molar refractivity (Wildman–Crippen MR) is 55.5 cm³/mol. The minimum absolute atomic E-state index is 0.456. The number of rotatable bonds is 1. The molecule has 1 heterocycles. The lowest BCUT2D eigenvalue weighted by atomic mass is 10.1. The summed E-state index contributed by atoms with van der Waals surface area (Å²) in [5.41, 5.74) is 2.83. The highest BCUT2D eigenvalue weighted by Crippen LogP contribution is 2.18. The van der Waals surface area contributed by atoms with E-state index >= 15 is 0 Å². The van der Waals surface area contributed by atoms with Crippen molar-refractivity contribution < 1.29 is 4.74 Å². The monoisotopic (exact) mass is 199 g/mol. The Labute approximate surface area is 87.2 Å². The summed E-state index contributed by atoms with van der Waals surface area (Å²) in [5, 5.41) is 8.94. The average molecular weight is 199 g/mol. The lowest BCUT2D eigenvalue weighted by molar-refractivity contribution is 0.397. The van der Waals surface area contributed by atoms with Gasteiger partial charge >= 0.3 is 0 Å². The van der Waals surface area contributed by atoms with Crippen LogP contribution in [-0.4, -0.2) is 17.1 Å². The fourth-order valence-corrected chi connectivity index (χ4v) is 1.43. The molecule has 0 radical (unpaired) electrons. The number of nitriles is 1. The van der Waals surface area contributed by atoms with Crippen LogP contribution in [0, 0.1) is 18.3 Å². The molecule has 74 valence electrons. The SMILES string of the molecule is COc1cnc2c(C#N)cc(C)cc2n1. The summed E-state index contributed by atoms with van der Waals surface area (Å²) < 4.78 is 4.98. The first kappa shape index (κ1) is 9.41. The van der Waals surface area contributed by atoms with E-state index in [0.29, 0.717) is 22.5 Å². The first-order valence-corrected chi connectivity index (χ1v) is 4.46. The maximum Gasteiger partial charge on any atom is 0.232 e. The van der Waals surface area contributed by atoms with Gasteiger partial charge in [0.25, 0.3) is 0 Å². The fraction of sp³-hybridized carbons (Fsp3) is 0.182. The zero-order valence-electron chi connectivity index (χ0n) is 8.48. The van der Waals surface area contributed by atoms with E-state index in [2.05, 4.69) is 16.0 Å². The van der Waals surface area contributed by atoms with Gasteiger partial charge in [-0.15, -0.1) is 0 Å². The van der Waals surface area contributed by atoms with Crippen molar-refractivity contribution in [1.29, 1.82) is 5.26 Å². The van der Waals surface area contributed by atoms with Crippen LogP contribution in [0.2, 0.25) is 0 Å². The third-order valence-electron chi connectivity index (χ3n) is 2.10. The number of hydrogen-bond acceptors (Lipinski definition) is 4. The maximum atomic E-state index is 8.94. The highest BCUT2D eigenvalue weighted by Gasteiger charge is 2.05. The fourth-order valence-electron chi connectivity index (χ4n) is 1.43. The molecule has 0 aliphatic heterocycles. The Bertz CT molecular complexity index is 557. The van der Waals surface area contributed by atoms with Gasteiger partial charge in [0.05, 0.1) is 24.4 Å². The number of ether oxygens (including phenoxy) is 1. The van der Waals surface area contributed by atoms with Crippen molar-refractivity contribution in [3.63, 3.8) is 0 Å². The van der Waals surface area contributed by atoms with Crippen LogP contribution in [0.25, 0.3) is 11.0 Å². The maximum absolute atomic E-state index is 8.94. The number of nitrogens with zero attached hydrogens (tertiary/aromatic N) is 3. The molecule has 4 nitrogen and oxygen atoms in total. The van der Waals surface area contributed by atoms with E-state index < -0.39 is 0 Å². The van der Waals surface area contributed by atoms with E-state index in [-0.39, 0.29) is 0 Å². The van der Waals surface area contributed by atoms with Crippen LogP contribution in [0.5, 0.6) is 5.88 Å². The number of aryl methyl sites for hydroxylation is 1. The molecular formula is C11H9N3O. The Morgan fingerprint density at radius 3 is 2.87 bits per heavy atom. The second-order valence-corrected chi connectivity index (χ2v) is 3.20. The lowest BCUT2D eigenvalue weighted by Gasteiger charge is -2.03. The first-order valence-electron chi connectivity index (χ1n) is 4.46. The second kappa shape index (κ2) is 3.54. The minimum atomic E-state index is 0.456. The zero-order chi connectivity index (χ0) is 10.8. The molecule has 0 bridgehead atoms. The normalized spacial score (nSPS) is 9.93. The molecule has 0 fully saturated rings. The van der Waals surface area contributed by atoms with Crippen LogP contribution in [0.15, 0.2) is 18.3 Å². The standard InChI is InChI=1S/C11H9N3O/c1-7-3-8(5-12)11-9(4-7)14-10(15-2)6-13-11/h3-4,6H,1-2H3. The molecule has 0 amide bonds. The van der Waals surface area contributed by atoms with Gasteiger partial charge in [-0.3, -0.25) is 0 Å². The van der Waals surface area contributed by atoms with Crippen molar-refractivity contribution in [2.75, 3.05) is 7.11 Å². The topological polar surface area (TPSA) is 58.8 Å². The number of benzene rings is 1. The summed E-state index contributed by atoms with van der Waals surface area (Å²) in [5.74, 6) is 0.456. The molecular weight excluding hydrogens is 190 g/mol. The Balaban J connectivity index is 2.79. The van der Waals surface area contributed by atoms with Crippen LogP contribution in [0.4, 0.5) is 0 Å². The van der Waals surface area contributed by atoms with Crippen LogP contribution in [0.1, 0.15) is 11.1 Å². The number of fused-ring (bicyclic) bond motifs is 1. The van der Waals surface area contributed by atoms with Gasteiger partial charge in [-0.25, -0.2) is 9.97 Å². The molecule has 15 heavy (non-hydrogen) atoms. The van der Waals surface area contributed by atoms with E-state index in [1.54, 1.807) is 6.07 Å². The Kier molecular flexibility index (Phi) is 2.22. The number of aromatic nitrogens is 2. The van der Waals surface area contributed by atoms with Crippen molar-refractivity contribution in [3.8, 4) is 11.9 Å². The van der Waals surface area contributed by atoms with Gasteiger partial charge in [-0.1, -0.05) is 0 Å². The summed E-state index contributed by atoms with van der Waals surface area (Å²) in [4.78, 5) is 8.38. The van der Waals surface area contributed by atoms with E-state index in [1.807, 2.05) is 13.0 Å². The first-order chi connectivity index (χ1) is 7.24. The minimum Gasteiger partial charge on any atom is -0.480 e. The van der Waals surface area contributed by atoms with Crippen LogP contribution in [-0.2, 0) is 0 Å². The summed E-state index contributed by atoms with van der Waals surface area (Å²) >= 11 is 0. The molecule has 2 aromatic rings. The molecule has 2 rings (SSSR count). The van der Waals surface area contributed by atoms with E-state index in [0.717, 1.165) is 5.56 Å². The Morgan fingerprint density at radius 1 is 1.40 bits per heavy atom. The smallest absolute Gasteiger partial charge is 0.232 e. The molecule has 0 aliphatic carbocycles. The molecule has 0 saturated carbocycles. The molecule has 0 saturated heterocycles. The van der Waals surface area contributed by atoms with Crippen LogP contribution < -0.4 is 4.74 Å². The summed E-state index contributed by atoms with van der Waals surface area (Å²) in [6.45, 7) is 1.92. The quantitative estimate of drug-likeness (QED) is 0.702. The molecule has 1 aromatic heterocycles. The van der Waals surface area contributed by atoms with Gasteiger partial charge in [0.15, 0.2) is 0 Å². The van der Waals surface area contributed by atoms with Gasteiger partial charge in [0, 0.05) is 0 Å². The summed E-state index contributed by atoms with van der Waals surface area (Å²) in [6.07, 6.45) is 1.51. The van der Waals surface area contributed by atoms with Gasteiger partial charge in [-0.2, -0.15) is 5.26 Å². The molecule has 0 unspecified atom stereocenters. The Hall–Kier alpha value is -2.15. The van der Waals surface area contributed by atoms with Crippen molar-refractivity contribution in [2.45, 2.75) is 6.92 Å². The van der Waals surface area contributed by atoms with Crippen molar-refractivity contribution in [3.05, 3.63) is 29.5 Å². The Morgan fingerprint density at radius 2 is 2.20 bits per heavy atom. The highest BCUT2D eigenvalue weighted by atomic mass is 16.5. The molecule has 0 aliphatic rings. The van der Waals surface area contributed by atoms with Gasteiger partial charge in [0.2, 0.25) is 5.88 Å². The largest absolute Gasteiger partial charge is 0.480 e. The van der Waals surface area contributed by atoms with Crippen LogP contribution >= 0.6 is 0 Å². The van der Waals surface area contributed by atoms with Gasteiger partial charge < -0.3 is 4.74 Å². The zero-order valence-corrected chi connectivity index (χ0v) is 8.48. The highest BCUT2D eigenvalue weighted by molar-refractivity contribution is 5.81. The molecule has 0 spiro atoms. The number of hydrogen-bond donors (Lipinski definition) is 0. The molecule has 4 heteroatoms. The summed E-state index contributed by atoms with van der Waals surface area (Å²) in [6, 6.07) is 5.78. The van der Waals surface area contributed by atoms with Crippen LogP contribution in [0.3, 0.4) is 0 Å². The predicted octanol–water partition coefficient (Wildman–Crippen LogP) is 1.82.